The molecule has 0 saturated heterocycles. The van der Waals surface area contributed by atoms with Crippen molar-refractivity contribution in [1.29, 1.82) is 0 Å². The predicted molar refractivity (Wildman–Crippen MR) is 71.8 cm³/mol. The highest BCUT2D eigenvalue weighted by Crippen LogP contribution is 2.33. The fourth-order valence-electron chi connectivity index (χ4n) is 1.73. The summed E-state index contributed by atoms with van der Waals surface area (Å²) >= 11 is 1.69. The van der Waals surface area contributed by atoms with Crippen molar-refractivity contribution < 1.29 is 5.11 Å². The van der Waals surface area contributed by atoms with Crippen molar-refractivity contribution in [2.45, 2.75) is 33.8 Å². The van der Waals surface area contributed by atoms with Gasteiger partial charge in [0.25, 0.3) is 0 Å². The molecule has 2 heterocycles. The Morgan fingerprint density at radius 3 is 2.65 bits per heavy atom. The highest BCUT2D eigenvalue weighted by molar-refractivity contribution is 7.18. The van der Waals surface area contributed by atoms with Gasteiger partial charge in [-0.3, -0.25) is 0 Å². The van der Waals surface area contributed by atoms with Crippen molar-refractivity contribution in [2.24, 2.45) is 0 Å². The van der Waals surface area contributed by atoms with E-state index in [9.17, 15) is 5.11 Å². The van der Waals surface area contributed by atoms with E-state index in [1.54, 1.807) is 18.3 Å². The molecule has 1 atom stereocenters. The van der Waals surface area contributed by atoms with Crippen LogP contribution in [-0.4, -0.2) is 27.7 Å². The number of nitrogens with one attached hydrogen (secondary N) is 1. The maximum Gasteiger partial charge on any atom is 0.138 e. The maximum atomic E-state index is 9.33. The van der Waals surface area contributed by atoms with E-state index in [0.29, 0.717) is 6.54 Å². The number of aliphatic hydroxyl groups excluding tert-OH is 1. The third-order valence-corrected chi connectivity index (χ3v) is 3.81. The first-order chi connectivity index (χ1) is 7.99. The van der Waals surface area contributed by atoms with E-state index in [0.717, 1.165) is 21.9 Å². The first-order valence-corrected chi connectivity index (χ1v) is 6.47. The van der Waals surface area contributed by atoms with Gasteiger partial charge in [0.05, 0.1) is 11.5 Å². The normalized spacial score (nSPS) is 13.0. The van der Waals surface area contributed by atoms with Gasteiger partial charge in [-0.2, -0.15) is 0 Å². The fraction of sp³-hybridized carbons (Fsp3) is 0.500. The predicted octanol–water partition coefficient (Wildman–Crippen LogP) is 2.41. The van der Waals surface area contributed by atoms with Gasteiger partial charge in [-0.1, -0.05) is 0 Å². The summed E-state index contributed by atoms with van der Waals surface area (Å²) in [7, 11) is 0. The number of aliphatic hydroxyl groups is 1. The van der Waals surface area contributed by atoms with Crippen LogP contribution >= 0.6 is 11.3 Å². The maximum absolute atomic E-state index is 9.33. The Hall–Kier alpha value is -1.20. The van der Waals surface area contributed by atoms with Crippen molar-refractivity contribution in [1.82, 2.24) is 9.97 Å². The summed E-state index contributed by atoms with van der Waals surface area (Å²) in [5.74, 6) is 1.59. The number of hydrogen-bond donors (Lipinski definition) is 2. The molecular formula is C12H17N3OS. The number of fused-ring (bicyclic) bond motifs is 1. The van der Waals surface area contributed by atoms with E-state index in [4.69, 9.17) is 0 Å². The lowest BCUT2D eigenvalue weighted by Gasteiger charge is -2.09. The first kappa shape index (κ1) is 12.3. The summed E-state index contributed by atoms with van der Waals surface area (Å²) in [5, 5.41) is 13.6. The van der Waals surface area contributed by atoms with Crippen LogP contribution in [0, 0.1) is 20.8 Å². The summed E-state index contributed by atoms with van der Waals surface area (Å²) in [6.07, 6.45) is -0.389. The molecule has 17 heavy (non-hydrogen) atoms. The zero-order valence-electron chi connectivity index (χ0n) is 10.5. The van der Waals surface area contributed by atoms with E-state index in [2.05, 4.69) is 29.1 Å². The second-order valence-corrected chi connectivity index (χ2v) is 5.52. The molecule has 2 aromatic heterocycles. The third-order valence-electron chi connectivity index (χ3n) is 2.71. The molecule has 4 nitrogen and oxygen atoms in total. The molecule has 0 amide bonds. The van der Waals surface area contributed by atoms with Crippen LogP contribution < -0.4 is 5.32 Å². The molecule has 0 aromatic carbocycles. The number of aryl methyl sites for hydroxylation is 3. The molecule has 2 N–H and O–H groups in total. The van der Waals surface area contributed by atoms with Crippen LogP contribution in [0.1, 0.15) is 23.2 Å². The van der Waals surface area contributed by atoms with Crippen molar-refractivity contribution in [3.63, 3.8) is 0 Å². The Labute approximate surface area is 105 Å². The Morgan fingerprint density at radius 2 is 2.00 bits per heavy atom. The van der Waals surface area contributed by atoms with Crippen molar-refractivity contribution in [2.75, 3.05) is 11.9 Å². The van der Waals surface area contributed by atoms with E-state index < -0.39 is 0 Å². The summed E-state index contributed by atoms with van der Waals surface area (Å²) < 4.78 is 0. The molecule has 2 aromatic rings. The molecule has 0 fully saturated rings. The van der Waals surface area contributed by atoms with Gasteiger partial charge < -0.3 is 10.4 Å². The standard InChI is InChI=1S/C12H17N3OS/c1-6(16)5-13-11-10-7(2)8(3)17-12(10)15-9(4)14-11/h6,16H,5H2,1-4H3,(H,13,14,15). The second-order valence-electron chi connectivity index (χ2n) is 4.31. The van der Waals surface area contributed by atoms with E-state index in [1.165, 1.54) is 10.4 Å². The van der Waals surface area contributed by atoms with Crippen LogP contribution in [0.25, 0.3) is 10.2 Å². The number of nitrogens with zero attached hydrogens (tertiary/aromatic N) is 2. The van der Waals surface area contributed by atoms with Crippen LogP contribution in [0.2, 0.25) is 0 Å². The van der Waals surface area contributed by atoms with Crippen molar-refractivity contribution in [3.8, 4) is 0 Å². The Kier molecular flexibility index (Phi) is 3.31. The summed E-state index contributed by atoms with van der Waals surface area (Å²) in [5.41, 5.74) is 1.22. The number of aromatic nitrogens is 2. The monoisotopic (exact) mass is 251 g/mol. The van der Waals surface area contributed by atoms with Crippen LogP contribution in [0.5, 0.6) is 0 Å². The Balaban J connectivity index is 2.52. The van der Waals surface area contributed by atoms with Crippen molar-refractivity contribution >= 4 is 27.4 Å². The third kappa shape index (κ3) is 2.40. The molecule has 0 aliphatic heterocycles. The average Bonchev–Trinajstić information content (AvgIpc) is 2.51. The molecule has 0 aliphatic carbocycles. The molecule has 1 unspecified atom stereocenters. The average molecular weight is 251 g/mol. The van der Waals surface area contributed by atoms with Gasteiger partial charge in [-0.25, -0.2) is 9.97 Å². The van der Waals surface area contributed by atoms with Gasteiger partial charge >= 0.3 is 0 Å². The summed E-state index contributed by atoms with van der Waals surface area (Å²) in [4.78, 5) is 11.1. The van der Waals surface area contributed by atoms with E-state index in [1.807, 2.05) is 6.92 Å². The largest absolute Gasteiger partial charge is 0.392 e. The topological polar surface area (TPSA) is 58.0 Å². The molecule has 2 rings (SSSR count). The van der Waals surface area contributed by atoms with Gasteiger partial charge in [-0.05, 0) is 33.3 Å². The lowest BCUT2D eigenvalue weighted by Crippen LogP contribution is -2.16. The molecule has 0 aliphatic rings. The number of hydrogen-bond acceptors (Lipinski definition) is 5. The van der Waals surface area contributed by atoms with E-state index >= 15 is 0 Å². The van der Waals surface area contributed by atoms with Crippen LogP contribution in [-0.2, 0) is 0 Å². The van der Waals surface area contributed by atoms with Gasteiger partial charge in [-0.15, -0.1) is 11.3 Å². The molecule has 0 bridgehead atoms. The van der Waals surface area contributed by atoms with Gasteiger partial charge in [0.15, 0.2) is 0 Å². The molecule has 0 saturated carbocycles. The lowest BCUT2D eigenvalue weighted by molar-refractivity contribution is 0.208. The molecule has 5 heteroatoms. The molecule has 92 valence electrons. The minimum Gasteiger partial charge on any atom is -0.392 e. The summed E-state index contributed by atoms with van der Waals surface area (Å²) in [6, 6.07) is 0. The smallest absolute Gasteiger partial charge is 0.138 e. The fourth-order valence-corrected chi connectivity index (χ4v) is 2.80. The highest BCUT2D eigenvalue weighted by atomic mass is 32.1. The Morgan fingerprint density at radius 1 is 1.29 bits per heavy atom. The number of anilines is 1. The van der Waals surface area contributed by atoms with Gasteiger partial charge in [0.2, 0.25) is 0 Å². The zero-order chi connectivity index (χ0) is 12.6. The zero-order valence-corrected chi connectivity index (χ0v) is 11.4. The van der Waals surface area contributed by atoms with E-state index in [-0.39, 0.29) is 6.10 Å². The van der Waals surface area contributed by atoms with Gasteiger partial charge in [0.1, 0.15) is 16.5 Å². The van der Waals surface area contributed by atoms with Crippen molar-refractivity contribution in [3.05, 3.63) is 16.3 Å². The SMILES string of the molecule is Cc1nc(NCC(C)O)c2c(C)c(C)sc2n1. The minimum absolute atomic E-state index is 0.389. The molecule has 0 radical (unpaired) electrons. The number of rotatable bonds is 3. The minimum atomic E-state index is -0.389. The van der Waals surface area contributed by atoms with Crippen LogP contribution in [0.15, 0.2) is 0 Å². The molecular weight excluding hydrogens is 234 g/mol. The van der Waals surface area contributed by atoms with Crippen LogP contribution in [0.3, 0.4) is 0 Å². The lowest BCUT2D eigenvalue weighted by atomic mass is 10.2. The first-order valence-electron chi connectivity index (χ1n) is 5.65. The quantitative estimate of drug-likeness (QED) is 0.879. The second kappa shape index (κ2) is 4.58. The Bertz CT molecular complexity index is 548. The molecule has 0 spiro atoms. The van der Waals surface area contributed by atoms with Crippen LogP contribution in [0.4, 0.5) is 5.82 Å². The number of thiophene rings is 1. The van der Waals surface area contributed by atoms with Gasteiger partial charge in [0, 0.05) is 11.4 Å². The summed E-state index contributed by atoms with van der Waals surface area (Å²) in [6.45, 7) is 8.32. The highest BCUT2D eigenvalue weighted by Gasteiger charge is 2.13.